The van der Waals surface area contributed by atoms with E-state index < -0.39 is 0 Å². The van der Waals surface area contributed by atoms with Gasteiger partial charge >= 0.3 is 0 Å². The standard InChI is InChI=1S/C10H16N2O/c1-3-9(7-13)5-10-6-11-8-12(10)4-2/h5-6,8,13H,3-4,7H2,1-2H3. The van der Waals surface area contributed by atoms with Crippen LogP contribution in [0.5, 0.6) is 0 Å². The maximum atomic E-state index is 8.99. The average Bonchev–Trinajstić information content (AvgIpc) is 2.61. The molecule has 1 N–H and O–H groups in total. The maximum Gasteiger partial charge on any atom is 0.0950 e. The molecule has 0 aliphatic carbocycles. The Bertz CT molecular complexity index is 283. The Kier molecular flexibility index (Phi) is 3.71. The molecule has 0 unspecified atom stereocenters. The number of aliphatic hydroxyl groups excluding tert-OH is 1. The molecule has 0 bridgehead atoms. The minimum Gasteiger partial charge on any atom is -0.392 e. The molecule has 0 amide bonds. The highest BCUT2D eigenvalue weighted by Crippen LogP contribution is 2.08. The Morgan fingerprint density at radius 1 is 1.62 bits per heavy atom. The first-order valence-corrected chi connectivity index (χ1v) is 4.62. The molecule has 0 saturated heterocycles. The quantitative estimate of drug-likeness (QED) is 0.765. The zero-order valence-corrected chi connectivity index (χ0v) is 8.20. The van der Waals surface area contributed by atoms with E-state index in [4.69, 9.17) is 5.11 Å². The molecular formula is C10H16N2O. The minimum absolute atomic E-state index is 0.130. The fourth-order valence-electron chi connectivity index (χ4n) is 1.18. The van der Waals surface area contributed by atoms with Crippen LogP contribution < -0.4 is 0 Å². The number of nitrogens with zero attached hydrogens (tertiary/aromatic N) is 2. The largest absolute Gasteiger partial charge is 0.392 e. The third-order valence-corrected chi connectivity index (χ3v) is 2.09. The Labute approximate surface area is 78.7 Å². The van der Waals surface area contributed by atoms with Gasteiger partial charge in [0.1, 0.15) is 0 Å². The summed E-state index contributed by atoms with van der Waals surface area (Å²) in [6.07, 6.45) is 6.49. The van der Waals surface area contributed by atoms with Gasteiger partial charge in [-0.25, -0.2) is 4.98 Å². The van der Waals surface area contributed by atoms with Gasteiger partial charge in [0.25, 0.3) is 0 Å². The van der Waals surface area contributed by atoms with Crippen molar-refractivity contribution in [3.63, 3.8) is 0 Å². The fourth-order valence-corrected chi connectivity index (χ4v) is 1.18. The van der Waals surface area contributed by atoms with Crippen LogP contribution in [0.2, 0.25) is 0 Å². The summed E-state index contributed by atoms with van der Waals surface area (Å²) in [5, 5.41) is 8.99. The van der Waals surface area contributed by atoms with Gasteiger partial charge in [0, 0.05) is 6.54 Å². The Hall–Kier alpha value is -1.09. The second kappa shape index (κ2) is 4.82. The predicted molar refractivity (Wildman–Crippen MR) is 53.3 cm³/mol. The van der Waals surface area contributed by atoms with Crippen molar-refractivity contribution in [3.8, 4) is 0 Å². The van der Waals surface area contributed by atoms with Crippen molar-refractivity contribution in [3.05, 3.63) is 23.8 Å². The van der Waals surface area contributed by atoms with Gasteiger partial charge in [0.2, 0.25) is 0 Å². The van der Waals surface area contributed by atoms with E-state index in [0.29, 0.717) is 0 Å². The highest BCUT2D eigenvalue weighted by Gasteiger charge is 1.98. The smallest absolute Gasteiger partial charge is 0.0950 e. The van der Waals surface area contributed by atoms with E-state index in [-0.39, 0.29) is 6.61 Å². The lowest BCUT2D eigenvalue weighted by Crippen LogP contribution is -1.96. The molecule has 3 heteroatoms. The Morgan fingerprint density at radius 3 is 2.92 bits per heavy atom. The number of rotatable bonds is 4. The molecule has 1 aromatic rings. The molecule has 3 nitrogen and oxygen atoms in total. The number of hydrogen-bond acceptors (Lipinski definition) is 2. The maximum absolute atomic E-state index is 8.99. The normalized spacial score (nSPS) is 12.1. The van der Waals surface area contributed by atoms with E-state index in [9.17, 15) is 0 Å². The fraction of sp³-hybridized carbons (Fsp3) is 0.500. The number of aromatic nitrogens is 2. The highest BCUT2D eigenvalue weighted by atomic mass is 16.3. The van der Waals surface area contributed by atoms with E-state index in [1.807, 2.05) is 23.8 Å². The third-order valence-electron chi connectivity index (χ3n) is 2.09. The summed E-state index contributed by atoms with van der Waals surface area (Å²) < 4.78 is 2.05. The first kappa shape index (κ1) is 9.99. The zero-order valence-electron chi connectivity index (χ0n) is 8.20. The van der Waals surface area contributed by atoms with Gasteiger partial charge in [-0.15, -0.1) is 0 Å². The summed E-state index contributed by atoms with van der Waals surface area (Å²) in [5.41, 5.74) is 2.10. The molecular weight excluding hydrogens is 164 g/mol. The van der Waals surface area contributed by atoms with Crippen molar-refractivity contribution in [1.29, 1.82) is 0 Å². The summed E-state index contributed by atoms with van der Waals surface area (Å²) in [4.78, 5) is 4.05. The first-order valence-electron chi connectivity index (χ1n) is 4.62. The van der Waals surface area contributed by atoms with E-state index in [2.05, 4.69) is 11.9 Å². The molecule has 0 aliphatic heterocycles. The molecule has 0 radical (unpaired) electrons. The van der Waals surface area contributed by atoms with Gasteiger partial charge in [-0.05, 0) is 25.0 Å². The molecule has 0 spiro atoms. The van der Waals surface area contributed by atoms with Gasteiger partial charge in [-0.3, -0.25) is 0 Å². The van der Waals surface area contributed by atoms with E-state index in [1.54, 1.807) is 6.33 Å². The summed E-state index contributed by atoms with van der Waals surface area (Å²) in [5.74, 6) is 0. The second-order valence-corrected chi connectivity index (χ2v) is 2.92. The topological polar surface area (TPSA) is 38.0 Å². The van der Waals surface area contributed by atoms with Crippen molar-refractivity contribution in [2.24, 2.45) is 0 Å². The van der Waals surface area contributed by atoms with Gasteiger partial charge in [0.05, 0.1) is 24.8 Å². The molecule has 1 aromatic heterocycles. The SMILES string of the molecule is CCC(=Cc1cncn1CC)CO. The van der Waals surface area contributed by atoms with Gasteiger partial charge < -0.3 is 9.67 Å². The molecule has 0 aliphatic rings. The van der Waals surface area contributed by atoms with E-state index >= 15 is 0 Å². The lowest BCUT2D eigenvalue weighted by atomic mass is 10.2. The lowest BCUT2D eigenvalue weighted by Gasteiger charge is -2.02. The molecule has 0 saturated carbocycles. The van der Waals surface area contributed by atoms with Crippen LogP contribution in [0.4, 0.5) is 0 Å². The highest BCUT2D eigenvalue weighted by molar-refractivity contribution is 5.48. The lowest BCUT2D eigenvalue weighted by molar-refractivity contribution is 0.329. The molecule has 0 atom stereocenters. The molecule has 1 rings (SSSR count). The van der Waals surface area contributed by atoms with Crippen LogP contribution in [0.1, 0.15) is 26.0 Å². The molecule has 0 fully saturated rings. The zero-order chi connectivity index (χ0) is 9.68. The van der Waals surface area contributed by atoms with Gasteiger partial charge in [-0.2, -0.15) is 0 Å². The van der Waals surface area contributed by atoms with Crippen molar-refractivity contribution in [2.45, 2.75) is 26.8 Å². The molecule has 1 heterocycles. The van der Waals surface area contributed by atoms with Crippen molar-refractivity contribution in [2.75, 3.05) is 6.61 Å². The van der Waals surface area contributed by atoms with E-state index in [0.717, 1.165) is 24.2 Å². The van der Waals surface area contributed by atoms with Crippen LogP contribution in [-0.4, -0.2) is 21.3 Å². The Balaban J connectivity index is 2.88. The van der Waals surface area contributed by atoms with Crippen LogP contribution >= 0.6 is 0 Å². The van der Waals surface area contributed by atoms with Crippen LogP contribution in [0, 0.1) is 0 Å². The predicted octanol–water partition coefficient (Wildman–Crippen LogP) is 1.69. The summed E-state index contributed by atoms with van der Waals surface area (Å²) in [6, 6.07) is 0. The first-order chi connectivity index (χ1) is 6.31. The van der Waals surface area contributed by atoms with E-state index in [1.165, 1.54) is 0 Å². The summed E-state index contributed by atoms with van der Waals surface area (Å²) >= 11 is 0. The monoisotopic (exact) mass is 180 g/mol. The van der Waals surface area contributed by atoms with Crippen molar-refractivity contribution >= 4 is 6.08 Å². The van der Waals surface area contributed by atoms with Crippen molar-refractivity contribution in [1.82, 2.24) is 9.55 Å². The summed E-state index contributed by atoms with van der Waals surface area (Å²) in [6.45, 7) is 5.15. The average molecular weight is 180 g/mol. The molecule has 13 heavy (non-hydrogen) atoms. The number of aryl methyl sites for hydroxylation is 1. The molecule has 0 aromatic carbocycles. The van der Waals surface area contributed by atoms with Crippen LogP contribution in [0.15, 0.2) is 18.1 Å². The second-order valence-electron chi connectivity index (χ2n) is 2.92. The summed E-state index contributed by atoms with van der Waals surface area (Å²) in [7, 11) is 0. The minimum atomic E-state index is 0.130. The van der Waals surface area contributed by atoms with Gasteiger partial charge in [0.15, 0.2) is 0 Å². The van der Waals surface area contributed by atoms with Crippen LogP contribution in [0.25, 0.3) is 6.08 Å². The van der Waals surface area contributed by atoms with Crippen molar-refractivity contribution < 1.29 is 5.11 Å². The van der Waals surface area contributed by atoms with Crippen LogP contribution in [-0.2, 0) is 6.54 Å². The number of aliphatic hydroxyl groups is 1. The Morgan fingerprint density at radius 2 is 2.38 bits per heavy atom. The number of imidazole rings is 1. The molecule has 72 valence electrons. The van der Waals surface area contributed by atoms with Gasteiger partial charge in [-0.1, -0.05) is 6.92 Å². The third kappa shape index (κ3) is 2.42. The van der Waals surface area contributed by atoms with Crippen LogP contribution in [0.3, 0.4) is 0 Å². The number of hydrogen-bond donors (Lipinski definition) is 1.